The number of rotatable bonds is 6. The molecular formula is C19H26N4O4. The molecule has 2 aromatic heterocycles. The fourth-order valence-corrected chi connectivity index (χ4v) is 3.09. The van der Waals surface area contributed by atoms with Gasteiger partial charge < -0.3 is 24.1 Å². The predicted octanol–water partition coefficient (Wildman–Crippen LogP) is 1.85. The third kappa shape index (κ3) is 4.77. The molecule has 0 aromatic carbocycles. The first-order valence-corrected chi connectivity index (χ1v) is 9.23. The van der Waals surface area contributed by atoms with Crippen LogP contribution in [0.15, 0.2) is 33.4 Å². The fourth-order valence-electron chi connectivity index (χ4n) is 3.09. The van der Waals surface area contributed by atoms with Crippen LogP contribution < -0.4 is 5.32 Å². The van der Waals surface area contributed by atoms with Crippen molar-refractivity contribution in [3.8, 4) is 11.5 Å². The highest BCUT2D eigenvalue weighted by molar-refractivity contribution is 5.96. The van der Waals surface area contributed by atoms with E-state index in [0.717, 1.165) is 13.1 Å². The Morgan fingerprint density at radius 3 is 2.59 bits per heavy atom. The Bertz CT molecular complexity index is 761. The lowest BCUT2D eigenvalue weighted by Gasteiger charge is -2.35. The lowest BCUT2D eigenvalue weighted by molar-refractivity contribution is -0.135. The van der Waals surface area contributed by atoms with Gasteiger partial charge in [0.2, 0.25) is 11.7 Å². The lowest BCUT2D eigenvalue weighted by atomic mass is 10.0. The maximum atomic E-state index is 12.9. The second kappa shape index (κ2) is 8.39. The molecule has 1 atom stereocenters. The van der Waals surface area contributed by atoms with E-state index in [0.29, 0.717) is 31.0 Å². The first-order valence-electron chi connectivity index (χ1n) is 9.23. The average molecular weight is 374 g/mol. The molecule has 146 valence electrons. The summed E-state index contributed by atoms with van der Waals surface area (Å²) in [5, 5.41) is 6.64. The topological polar surface area (TPSA) is 91.8 Å². The molecule has 2 aromatic rings. The molecule has 1 saturated heterocycles. The predicted molar refractivity (Wildman–Crippen MR) is 99.0 cm³/mol. The summed E-state index contributed by atoms with van der Waals surface area (Å²) in [6.07, 6.45) is 2.09. The standard InChI is InChI=1S/C19H26N4O4/c1-13(2)11-15(19(25)23-8-6-22(3)7-9-23)20-18(24)14-12-17(27-21-14)16-5-4-10-26-16/h4-5,10,12-13,15H,6-9,11H2,1-3H3,(H,20,24)/t15-/m0/s1. The minimum atomic E-state index is -0.579. The number of nitrogens with zero attached hydrogens (tertiary/aromatic N) is 3. The third-order valence-corrected chi connectivity index (χ3v) is 4.63. The van der Waals surface area contributed by atoms with Gasteiger partial charge in [-0.2, -0.15) is 0 Å². The summed E-state index contributed by atoms with van der Waals surface area (Å²) in [6, 6.07) is 4.39. The van der Waals surface area contributed by atoms with E-state index in [1.807, 2.05) is 25.8 Å². The number of likely N-dealkylation sites (N-methyl/N-ethyl adjacent to an activating group) is 1. The number of amides is 2. The summed E-state index contributed by atoms with van der Waals surface area (Å²) < 4.78 is 10.4. The van der Waals surface area contributed by atoms with E-state index in [1.54, 1.807) is 12.1 Å². The van der Waals surface area contributed by atoms with Crippen LogP contribution in [0.5, 0.6) is 0 Å². The third-order valence-electron chi connectivity index (χ3n) is 4.63. The van der Waals surface area contributed by atoms with Gasteiger partial charge in [-0.15, -0.1) is 0 Å². The van der Waals surface area contributed by atoms with E-state index in [-0.39, 0.29) is 17.5 Å². The Morgan fingerprint density at radius 1 is 1.22 bits per heavy atom. The van der Waals surface area contributed by atoms with Gasteiger partial charge in [-0.25, -0.2) is 0 Å². The maximum Gasteiger partial charge on any atom is 0.274 e. The highest BCUT2D eigenvalue weighted by atomic mass is 16.5. The summed E-state index contributed by atoms with van der Waals surface area (Å²) in [5.74, 6) is 0.664. The molecule has 0 aliphatic carbocycles. The molecule has 1 aliphatic heterocycles. The molecule has 3 rings (SSSR count). The van der Waals surface area contributed by atoms with Crippen molar-refractivity contribution in [2.45, 2.75) is 26.3 Å². The molecule has 1 N–H and O–H groups in total. The van der Waals surface area contributed by atoms with Crippen LogP contribution in [0.2, 0.25) is 0 Å². The highest BCUT2D eigenvalue weighted by Crippen LogP contribution is 2.20. The number of carbonyl (C=O) groups excluding carboxylic acids is 2. The summed E-state index contributed by atoms with van der Waals surface area (Å²) in [7, 11) is 2.04. The number of hydrogen-bond acceptors (Lipinski definition) is 6. The molecule has 0 bridgehead atoms. The van der Waals surface area contributed by atoms with Crippen molar-refractivity contribution >= 4 is 11.8 Å². The molecule has 2 amide bonds. The Morgan fingerprint density at radius 2 is 1.96 bits per heavy atom. The number of piperazine rings is 1. The van der Waals surface area contributed by atoms with Crippen molar-refractivity contribution in [1.82, 2.24) is 20.3 Å². The summed E-state index contributed by atoms with van der Waals surface area (Å²) >= 11 is 0. The fraction of sp³-hybridized carbons (Fsp3) is 0.526. The van der Waals surface area contributed by atoms with Gasteiger partial charge >= 0.3 is 0 Å². The van der Waals surface area contributed by atoms with E-state index in [4.69, 9.17) is 8.94 Å². The van der Waals surface area contributed by atoms with Gasteiger partial charge in [-0.1, -0.05) is 19.0 Å². The molecule has 8 heteroatoms. The number of nitrogens with one attached hydrogen (secondary N) is 1. The molecule has 1 fully saturated rings. The van der Waals surface area contributed by atoms with Crippen molar-refractivity contribution in [2.75, 3.05) is 33.2 Å². The second-order valence-electron chi connectivity index (χ2n) is 7.34. The molecule has 0 spiro atoms. The summed E-state index contributed by atoms with van der Waals surface area (Å²) in [6.45, 7) is 7.08. The summed E-state index contributed by atoms with van der Waals surface area (Å²) in [4.78, 5) is 29.6. The van der Waals surface area contributed by atoms with Crippen molar-refractivity contribution in [3.05, 3.63) is 30.2 Å². The van der Waals surface area contributed by atoms with E-state index < -0.39 is 11.9 Å². The van der Waals surface area contributed by atoms with Crippen molar-refractivity contribution < 1.29 is 18.5 Å². The van der Waals surface area contributed by atoms with Gasteiger partial charge in [0.1, 0.15) is 6.04 Å². The number of carbonyl (C=O) groups is 2. The number of hydrogen-bond donors (Lipinski definition) is 1. The van der Waals surface area contributed by atoms with Crippen molar-refractivity contribution in [3.63, 3.8) is 0 Å². The number of furan rings is 1. The average Bonchev–Trinajstić information content (AvgIpc) is 3.32. The molecule has 1 aliphatic rings. The van der Waals surface area contributed by atoms with Crippen molar-refractivity contribution in [1.29, 1.82) is 0 Å². The molecule has 0 saturated carbocycles. The monoisotopic (exact) mass is 374 g/mol. The van der Waals surface area contributed by atoms with Gasteiger partial charge in [0.25, 0.3) is 5.91 Å². The smallest absolute Gasteiger partial charge is 0.274 e. The minimum absolute atomic E-state index is 0.0418. The Labute approximate surface area is 158 Å². The minimum Gasteiger partial charge on any atom is -0.461 e. The molecule has 3 heterocycles. The van der Waals surface area contributed by atoms with E-state index in [9.17, 15) is 9.59 Å². The first kappa shape index (κ1) is 19.2. The quantitative estimate of drug-likeness (QED) is 0.830. The van der Waals surface area contributed by atoms with Crippen LogP contribution in [-0.2, 0) is 4.79 Å². The normalized spacial score (nSPS) is 16.5. The number of aromatic nitrogens is 1. The highest BCUT2D eigenvalue weighted by Gasteiger charge is 2.29. The van der Waals surface area contributed by atoms with Crippen LogP contribution in [0.25, 0.3) is 11.5 Å². The Balaban J connectivity index is 1.68. The largest absolute Gasteiger partial charge is 0.461 e. The zero-order valence-corrected chi connectivity index (χ0v) is 16.0. The molecule has 8 nitrogen and oxygen atoms in total. The zero-order chi connectivity index (χ0) is 19.4. The van der Waals surface area contributed by atoms with Crippen LogP contribution in [0.3, 0.4) is 0 Å². The van der Waals surface area contributed by atoms with Crippen LogP contribution in [0.1, 0.15) is 30.8 Å². The SMILES string of the molecule is CC(C)C[C@H](NC(=O)c1cc(-c2ccco2)on1)C(=O)N1CCN(C)CC1. The lowest BCUT2D eigenvalue weighted by Crippen LogP contribution is -2.54. The van der Waals surface area contributed by atoms with Crippen LogP contribution in [0, 0.1) is 5.92 Å². The summed E-state index contributed by atoms with van der Waals surface area (Å²) in [5.41, 5.74) is 0.126. The van der Waals surface area contributed by atoms with Gasteiger partial charge in [0, 0.05) is 32.2 Å². The molecule has 0 radical (unpaired) electrons. The second-order valence-corrected chi connectivity index (χ2v) is 7.34. The van der Waals surface area contributed by atoms with E-state index in [2.05, 4.69) is 15.4 Å². The van der Waals surface area contributed by atoms with Crippen LogP contribution in [0.4, 0.5) is 0 Å². The Hall–Kier alpha value is -2.61. The van der Waals surface area contributed by atoms with Crippen molar-refractivity contribution in [2.24, 2.45) is 5.92 Å². The zero-order valence-electron chi connectivity index (χ0n) is 16.0. The Kier molecular flexibility index (Phi) is 5.95. The van der Waals surface area contributed by atoms with Crippen LogP contribution in [-0.4, -0.2) is 66.0 Å². The van der Waals surface area contributed by atoms with Crippen LogP contribution >= 0.6 is 0 Å². The molecule has 27 heavy (non-hydrogen) atoms. The van der Waals surface area contributed by atoms with Gasteiger partial charge in [0.15, 0.2) is 11.5 Å². The molecule has 0 unspecified atom stereocenters. The molecular weight excluding hydrogens is 348 g/mol. The van der Waals surface area contributed by atoms with E-state index in [1.165, 1.54) is 12.3 Å². The van der Waals surface area contributed by atoms with Gasteiger partial charge in [-0.05, 0) is 31.5 Å². The maximum absolute atomic E-state index is 12.9. The van der Waals surface area contributed by atoms with E-state index >= 15 is 0 Å². The van der Waals surface area contributed by atoms with Gasteiger partial charge in [0.05, 0.1) is 6.26 Å². The first-order chi connectivity index (χ1) is 12.9. The van der Waals surface area contributed by atoms with Gasteiger partial charge in [-0.3, -0.25) is 9.59 Å².